The second-order valence-electron chi connectivity index (χ2n) is 5.52. The van der Waals surface area contributed by atoms with Crippen LogP contribution in [0.5, 0.6) is 0 Å². The molecule has 0 unspecified atom stereocenters. The summed E-state index contributed by atoms with van der Waals surface area (Å²) in [5, 5.41) is 13.0. The first-order valence-corrected chi connectivity index (χ1v) is 6.54. The third-order valence-corrected chi connectivity index (χ3v) is 3.59. The van der Waals surface area contributed by atoms with Gasteiger partial charge in [0.2, 0.25) is 0 Å². The third-order valence-electron chi connectivity index (χ3n) is 3.59. The molecule has 2 aromatic heterocycles. The van der Waals surface area contributed by atoms with Gasteiger partial charge in [0.1, 0.15) is 0 Å². The van der Waals surface area contributed by atoms with Crippen LogP contribution in [0.15, 0.2) is 36.4 Å². The molecule has 2 N–H and O–H groups in total. The van der Waals surface area contributed by atoms with Gasteiger partial charge in [-0.1, -0.05) is 12.1 Å². The van der Waals surface area contributed by atoms with Gasteiger partial charge in [0.15, 0.2) is 11.5 Å². The molecule has 20 heavy (non-hydrogen) atoms. The minimum absolute atomic E-state index is 0.298. The number of anilines is 1. The highest BCUT2D eigenvalue weighted by molar-refractivity contribution is 5.45. The zero-order valence-electron chi connectivity index (χ0n) is 11.8. The zero-order chi connectivity index (χ0) is 14.3. The second kappa shape index (κ2) is 4.30. The van der Waals surface area contributed by atoms with Crippen molar-refractivity contribution in [2.24, 2.45) is 0 Å². The lowest BCUT2D eigenvalue weighted by Gasteiger charge is -2.23. The van der Waals surface area contributed by atoms with Gasteiger partial charge in [-0.25, -0.2) is 0 Å². The van der Waals surface area contributed by atoms with Crippen LogP contribution in [0.4, 0.5) is 5.69 Å². The summed E-state index contributed by atoms with van der Waals surface area (Å²) < 4.78 is 1.81. The van der Waals surface area contributed by atoms with E-state index < -0.39 is 0 Å². The Morgan fingerprint density at radius 1 is 1.00 bits per heavy atom. The van der Waals surface area contributed by atoms with Crippen molar-refractivity contribution in [1.29, 1.82) is 0 Å². The molecule has 3 aromatic rings. The largest absolute Gasteiger partial charge is 0.399 e. The fraction of sp³-hybridized carbons (Fsp3) is 0.267. The molecule has 0 aliphatic carbocycles. The van der Waals surface area contributed by atoms with Gasteiger partial charge in [0.25, 0.3) is 0 Å². The van der Waals surface area contributed by atoms with Gasteiger partial charge in [-0.15, -0.1) is 10.2 Å². The van der Waals surface area contributed by atoms with Crippen LogP contribution in [0.3, 0.4) is 0 Å². The Hall–Kier alpha value is -2.43. The molecule has 0 fully saturated rings. The molecule has 0 saturated carbocycles. The van der Waals surface area contributed by atoms with Crippen molar-refractivity contribution in [1.82, 2.24) is 19.8 Å². The molecule has 1 aromatic carbocycles. The Kier molecular flexibility index (Phi) is 2.71. The van der Waals surface area contributed by atoms with E-state index in [9.17, 15) is 0 Å². The van der Waals surface area contributed by atoms with Gasteiger partial charge in [-0.2, -0.15) is 9.61 Å². The SMILES string of the molecule is Cc1ccc2nnc(C(C)(C)c3ccc(N)cc3)n2n1. The van der Waals surface area contributed by atoms with Crippen LogP contribution in [0.25, 0.3) is 5.65 Å². The van der Waals surface area contributed by atoms with Crippen LogP contribution in [0, 0.1) is 6.92 Å². The van der Waals surface area contributed by atoms with E-state index in [2.05, 4.69) is 29.1 Å². The van der Waals surface area contributed by atoms with E-state index >= 15 is 0 Å². The van der Waals surface area contributed by atoms with E-state index in [-0.39, 0.29) is 5.41 Å². The van der Waals surface area contributed by atoms with Crippen molar-refractivity contribution in [3.8, 4) is 0 Å². The van der Waals surface area contributed by atoms with Crippen LogP contribution in [-0.2, 0) is 5.41 Å². The Morgan fingerprint density at radius 3 is 2.40 bits per heavy atom. The standard InChI is InChI=1S/C15H17N5/c1-10-4-9-13-17-18-14(20(13)19-10)15(2,3)11-5-7-12(16)8-6-11/h4-9H,16H2,1-3H3. The molecule has 5 nitrogen and oxygen atoms in total. The number of aryl methyl sites for hydroxylation is 1. The molecule has 102 valence electrons. The summed E-state index contributed by atoms with van der Waals surface area (Å²) in [6.07, 6.45) is 0. The second-order valence-corrected chi connectivity index (χ2v) is 5.52. The van der Waals surface area contributed by atoms with Crippen LogP contribution in [-0.4, -0.2) is 19.8 Å². The summed E-state index contributed by atoms with van der Waals surface area (Å²) in [4.78, 5) is 0. The fourth-order valence-corrected chi connectivity index (χ4v) is 2.30. The van der Waals surface area contributed by atoms with Crippen molar-refractivity contribution in [2.75, 3.05) is 5.73 Å². The van der Waals surface area contributed by atoms with Gasteiger partial charge < -0.3 is 5.73 Å². The summed E-state index contributed by atoms with van der Waals surface area (Å²) in [6, 6.07) is 11.7. The first-order chi connectivity index (χ1) is 9.48. The lowest BCUT2D eigenvalue weighted by Crippen LogP contribution is -2.23. The van der Waals surface area contributed by atoms with Gasteiger partial charge in [-0.05, 0) is 50.6 Å². The summed E-state index contributed by atoms with van der Waals surface area (Å²) in [5.74, 6) is 0.820. The molecule has 0 aliphatic heterocycles. The number of rotatable bonds is 2. The summed E-state index contributed by atoms with van der Waals surface area (Å²) >= 11 is 0. The van der Waals surface area contributed by atoms with E-state index in [1.165, 1.54) is 0 Å². The maximum Gasteiger partial charge on any atom is 0.177 e. The lowest BCUT2D eigenvalue weighted by molar-refractivity contribution is 0.566. The molecule has 0 atom stereocenters. The number of hydrogen-bond acceptors (Lipinski definition) is 4. The van der Waals surface area contributed by atoms with Crippen molar-refractivity contribution in [3.05, 3.63) is 53.5 Å². The number of nitrogen functional groups attached to an aromatic ring is 1. The van der Waals surface area contributed by atoms with Gasteiger partial charge in [0.05, 0.1) is 11.1 Å². The maximum absolute atomic E-state index is 5.75. The van der Waals surface area contributed by atoms with Crippen molar-refractivity contribution in [2.45, 2.75) is 26.2 Å². The molecule has 2 heterocycles. The highest BCUT2D eigenvalue weighted by Crippen LogP contribution is 2.30. The Morgan fingerprint density at radius 2 is 1.70 bits per heavy atom. The van der Waals surface area contributed by atoms with Crippen LogP contribution in [0.1, 0.15) is 30.9 Å². The first-order valence-electron chi connectivity index (χ1n) is 6.54. The summed E-state index contributed by atoms with van der Waals surface area (Å²) in [5.41, 5.74) is 9.03. The van der Waals surface area contributed by atoms with Gasteiger partial charge >= 0.3 is 0 Å². The van der Waals surface area contributed by atoms with E-state index in [1.807, 2.05) is 47.8 Å². The normalized spacial score (nSPS) is 11.9. The van der Waals surface area contributed by atoms with E-state index in [0.29, 0.717) is 0 Å². The maximum atomic E-state index is 5.75. The van der Waals surface area contributed by atoms with Crippen LogP contribution in [0.2, 0.25) is 0 Å². The molecule has 0 spiro atoms. The van der Waals surface area contributed by atoms with E-state index in [4.69, 9.17) is 5.73 Å². The lowest BCUT2D eigenvalue weighted by atomic mass is 9.84. The average molecular weight is 267 g/mol. The highest BCUT2D eigenvalue weighted by Gasteiger charge is 2.29. The smallest absolute Gasteiger partial charge is 0.177 e. The van der Waals surface area contributed by atoms with Crippen LogP contribution >= 0.6 is 0 Å². The van der Waals surface area contributed by atoms with Gasteiger partial charge in [-0.3, -0.25) is 0 Å². The Labute approximate surface area is 117 Å². The molecule has 5 heteroatoms. The molecule has 3 rings (SSSR count). The zero-order valence-corrected chi connectivity index (χ0v) is 11.8. The molecule has 0 aliphatic rings. The van der Waals surface area contributed by atoms with Crippen molar-refractivity contribution >= 4 is 11.3 Å². The topological polar surface area (TPSA) is 69.1 Å². The quantitative estimate of drug-likeness (QED) is 0.724. The number of aromatic nitrogens is 4. The molecular formula is C15H17N5. The molecular weight excluding hydrogens is 250 g/mol. The minimum Gasteiger partial charge on any atom is -0.399 e. The Bertz CT molecular complexity index is 756. The predicted molar refractivity (Wildman–Crippen MR) is 78.5 cm³/mol. The summed E-state index contributed by atoms with van der Waals surface area (Å²) in [6.45, 7) is 6.18. The minimum atomic E-state index is -0.298. The molecule has 0 amide bonds. The van der Waals surface area contributed by atoms with Crippen LogP contribution < -0.4 is 5.73 Å². The van der Waals surface area contributed by atoms with Crippen molar-refractivity contribution in [3.63, 3.8) is 0 Å². The number of nitrogens with zero attached hydrogens (tertiary/aromatic N) is 4. The highest BCUT2D eigenvalue weighted by atomic mass is 15.4. The fourth-order valence-electron chi connectivity index (χ4n) is 2.30. The first kappa shape index (κ1) is 12.6. The van der Waals surface area contributed by atoms with E-state index in [1.54, 1.807) is 0 Å². The summed E-state index contributed by atoms with van der Waals surface area (Å²) in [7, 11) is 0. The third kappa shape index (κ3) is 1.91. The Balaban J connectivity index is 2.17. The predicted octanol–water partition coefficient (Wildman–Crippen LogP) is 2.34. The number of benzene rings is 1. The molecule has 0 radical (unpaired) electrons. The monoisotopic (exact) mass is 267 g/mol. The number of fused-ring (bicyclic) bond motifs is 1. The average Bonchev–Trinajstić information content (AvgIpc) is 2.82. The van der Waals surface area contributed by atoms with Crippen molar-refractivity contribution < 1.29 is 0 Å². The van der Waals surface area contributed by atoms with E-state index in [0.717, 1.165) is 28.4 Å². The molecule has 0 saturated heterocycles. The van der Waals surface area contributed by atoms with Gasteiger partial charge in [0, 0.05) is 5.69 Å². The number of hydrogen-bond donors (Lipinski definition) is 1. The molecule has 0 bridgehead atoms. The number of nitrogens with two attached hydrogens (primary N) is 1.